The molecule has 0 unspecified atom stereocenters. The first-order valence-electron chi connectivity index (χ1n) is 7.39. The molecule has 0 fully saturated rings. The van der Waals surface area contributed by atoms with Crippen LogP contribution in [-0.2, 0) is 4.79 Å². The van der Waals surface area contributed by atoms with Crippen LogP contribution in [0.4, 0.5) is 10.1 Å². The van der Waals surface area contributed by atoms with E-state index in [0.717, 1.165) is 5.56 Å². The Hall–Kier alpha value is -2.69. The zero-order valence-corrected chi connectivity index (χ0v) is 13.1. The molecule has 120 valence electrons. The minimum absolute atomic E-state index is 0.151. The molecule has 0 aliphatic rings. The number of carbonyl (C=O) groups is 2. The second-order valence-electron chi connectivity index (χ2n) is 5.52. The van der Waals surface area contributed by atoms with E-state index in [4.69, 9.17) is 0 Å². The molecule has 5 heteroatoms. The summed E-state index contributed by atoms with van der Waals surface area (Å²) in [6.07, 6.45) is 0. The van der Waals surface area contributed by atoms with Crippen LogP contribution in [0.3, 0.4) is 0 Å². The smallest absolute Gasteiger partial charge is 0.251 e. The van der Waals surface area contributed by atoms with Crippen LogP contribution < -0.4 is 10.6 Å². The molecule has 0 bridgehead atoms. The number of hydrogen-bond donors (Lipinski definition) is 2. The van der Waals surface area contributed by atoms with Gasteiger partial charge in [0.1, 0.15) is 5.82 Å². The fourth-order valence-electron chi connectivity index (χ4n) is 2.04. The lowest BCUT2D eigenvalue weighted by atomic mass is 10.0. The Morgan fingerprint density at radius 1 is 1.09 bits per heavy atom. The normalized spacial score (nSPS) is 10.4. The molecule has 2 N–H and O–H groups in total. The number of nitrogens with one attached hydrogen (secondary N) is 2. The van der Waals surface area contributed by atoms with E-state index < -0.39 is 11.7 Å². The Kier molecular flexibility index (Phi) is 5.46. The average Bonchev–Trinajstić information content (AvgIpc) is 2.53. The van der Waals surface area contributed by atoms with Crippen molar-refractivity contribution in [2.24, 2.45) is 0 Å². The lowest BCUT2D eigenvalue weighted by Crippen LogP contribution is -2.32. The van der Waals surface area contributed by atoms with E-state index in [1.54, 1.807) is 6.07 Å². The molecule has 0 aromatic heterocycles. The molecule has 0 aliphatic heterocycles. The van der Waals surface area contributed by atoms with Gasteiger partial charge in [0.05, 0.1) is 6.54 Å². The maximum absolute atomic E-state index is 12.8. The topological polar surface area (TPSA) is 58.2 Å². The molecule has 2 aromatic rings. The highest BCUT2D eigenvalue weighted by Crippen LogP contribution is 2.18. The van der Waals surface area contributed by atoms with Gasteiger partial charge in [0.15, 0.2) is 0 Å². The Bertz CT molecular complexity index is 696. The van der Waals surface area contributed by atoms with E-state index in [-0.39, 0.29) is 12.5 Å². The van der Waals surface area contributed by atoms with Gasteiger partial charge in [-0.2, -0.15) is 0 Å². The van der Waals surface area contributed by atoms with Crippen LogP contribution in [-0.4, -0.2) is 18.4 Å². The van der Waals surface area contributed by atoms with Gasteiger partial charge in [0.25, 0.3) is 5.91 Å². The van der Waals surface area contributed by atoms with Gasteiger partial charge >= 0.3 is 0 Å². The quantitative estimate of drug-likeness (QED) is 0.889. The van der Waals surface area contributed by atoms with Crippen LogP contribution in [0, 0.1) is 5.82 Å². The highest BCUT2D eigenvalue weighted by molar-refractivity contribution is 5.99. The number of benzene rings is 2. The maximum atomic E-state index is 12.8. The van der Waals surface area contributed by atoms with Gasteiger partial charge in [0, 0.05) is 11.3 Å². The molecular formula is C18H19FN2O2. The molecule has 0 atom stereocenters. The van der Waals surface area contributed by atoms with E-state index in [0.29, 0.717) is 17.2 Å². The Morgan fingerprint density at radius 3 is 2.43 bits per heavy atom. The van der Waals surface area contributed by atoms with Crippen molar-refractivity contribution >= 4 is 17.5 Å². The van der Waals surface area contributed by atoms with E-state index in [1.165, 1.54) is 24.3 Å². The molecule has 0 radical (unpaired) electrons. The summed E-state index contributed by atoms with van der Waals surface area (Å²) in [6.45, 7) is 4.00. The summed E-state index contributed by atoms with van der Waals surface area (Å²) in [4.78, 5) is 23.7. The van der Waals surface area contributed by atoms with Gasteiger partial charge in [-0.25, -0.2) is 4.39 Å². The summed E-state index contributed by atoms with van der Waals surface area (Å²) < 4.78 is 12.8. The highest BCUT2D eigenvalue weighted by atomic mass is 19.1. The lowest BCUT2D eigenvalue weighted by molar-refractivity contribution is -0.115. The van der Waals surface area contributed by atoms with Crippen molar-refractivity contribution < 1.29 is 14.0 Å². The second-order valence-corrected chi connectivity index (χ2v) is 5.52. The number of carbonyl (C=O) groups excluding carboxylic acids is 2. The van der Waals surface area contributed by atoms with E-state index in [1.807, 2.05) is 18.2 Å². The van der Waals surface area contributed by atoms with Crippen LogP contribution in [0.25, 0.3) is 0 Å². The summed E-state index contributed by atoms with van der Waals surface area (Å²) in [5.74, 6) is -0.785. The highest BCUT2D eigenvalue weighted by Gasteiger charge is 2.09. The Morgan fingerprint density at radius 2 is 1.78 bits per heavy atom. The van der Waals surface area contributed by atoms with Crippen LogP contribution in [0.15, 0.2) is 48.5 Å². The van der Waals surface area contributed by atoms with Crippen LogP contribution >= 0.6 is 0 Å². The van der Waals surface area contributed by atoms with Crippen molar-refractivity contribution in [1.29, 1.82) is 0 Å². The third-order valence-electron chi connectivity index (χ3n) is 3.35. The molecule has 23 heavy (non-hydrogen) atoms. The summed E-state index contributed by atoms with van der Waals surface area (Å²) >= 11 is 0. The summed E-state index contributed by atoms with van der Waals surface area (Å²) in [7, 11) is 0. The maximum Gasteiger partial charge on any atom is 0.251 e. The number of rotatable bonds is 5. The van der Waals surface area contributed by atoms with Crippen molar-refractivity contribution in [2.45, 2.75) is 19.8 Å². The van der Waals surface area contributed by atoms with Gasteiger partial charge in [-0.15, -0.1) is 0 Å². The lowest BCUT2D eigenvalue weighted by Gasteiger charge is -2.10. The molecule has 2 amide bonds. The van der Waals surface area contributed by atoms with E-state index in [2.05, 4.69) is 24.5 Å². The Balaban J connectivity index is 1.89. The SMILES string of the molecule is CC(C)c1cccc(NC(=O)CNC(=O)c2ccc(F)cc2)c1. The zero-order valence-electron chi connectivity index (χ0n) is 13.1. The number of halogens is 1. The van der Waals surface area contributed by atoms with Gasteiger partial charge < -0.3 is 10.6 Å². The van der Waals surface area contributed by atoms with Crippen molar-refractivity contribution in [3.05, 3.63) is 65.5 Å². The minimum atomic E-state index is -0.420. The third kappa shape index (κ3) is 4.92. The first-order valence-corrected chi connectivity index (χ1v) is 7.39. The second kappa shape index (κ2) is 7.54. The third-order valence-corrected chi connectivity index (χ3v) is 3.35. The van der Waals surface area contributed by atoms with Gasteiger partial charge in [0.2, 0.25) is 5.91 Å². The monoisotopic (exact) mass is 314 g/mol. The fourth-order valence-corrected chi connectivity index (χ4v) is 2.04. The number of hydrogen-bond acceptors (Lipinski definition) is 2. The van der Waals surface area contributed by atoms with Crippen molar-refractivity contribution in [1.82, 2.24) is 5.32 Å². The predicted molar refractivity (Wildman–Crippen MR) is 87.9 cm³/mol. The van der Waals surface area contributed by atoms with Crippen LogP contribution in [0.1, 0.15) is 35.7 Å². The largest absolute Gasteiger partial charge is 0.343 e. The van der Waals surface area contributed by atoms with Crippen molar-refractivity contribution in [3.63, 3.8) is 0 Å². The Labute approximate surface area is 134 Å². The van der Waals surface area contributed by atoms with Gasteiger partial charge in [-0.05, 0) is 47.9 Å². The molecular weight excluding hydrogens is 295 g/mol. The zero-order chi connectivity index (χ0) is 16.8. The first-order chi connectivity index (χ1) is 11.0. The molecule has 0 aliphatic carbocycles. The molecule has 0 heterocycles. The fraction of sp³-hybridized carbons (Fsp3) is 0.222. The van der Waals surface area contributed by atoms with Crippen LogP contribution in [0.2, 0.25) is 0 Å². The van der Waals surface area contributed by atoms with E-state index in [9.17, 15) is 14.0 Å². The van der Waals surface area contributed by atoms with Gasteiger partial charge in [-0.3, -0.25) is 9.59 Å². The van der Waals surface area contributed by atoms with Gasteiger partial charge in [-0.1, -0.05) is 26.0 Å². The van der Waals surface area contributed by atoms with Crippen molar-refractivity contribution in [3.8, 4) is 0 Å². The average molecular weight is 314 g/mol. The van der Waals surface area contributed by atoms with E-state index >= 15 is 0 Å². The predicted octanol–water partition coefficient (Wildman–Crippen LogP) is 3.32. The molecule has 2 rings (SSSR count). The molecule has 0 spiro atoms. The number of anilines is 1. The standard InChI is InChI=1S/C18H19FN2O2/c1-12(2)14-4-3-5-16(10-14)21-17(22)11-20-18(23)13-6-8-15(19)9-7-13/h3-10,12H,11H2,1-2H3,(H,20,23)(H,21,22). The minimum Gasteiger partial charge on any atom is -0.343 e. The number of amides is 2. The summed E-state index contributed by atoms with van der Waals surface area (Å²) in [6, 6.07) is 12.7. The molecule has 0 saturated heterocycles. The molecule has 4 nitrogen and oxygen atoms in total. The summed E-state index contributed by atoms with van der Waals surface area (Å²) in [5, 5.41) is 5.24. The van der Waals surface area contributed by atoms with Crippen LogP contribution in [0.5, 0.6) is 0 Å². The molecule has 2 aromatic carbocycles. The molecule has 0 saturated carbocycles. The first kappa shape index (κ1) is 16.7. The van der Waals surface area contributed by atoms with Crippen molar-refractivity contribution in [2.75, 3.05) is 11.9 Å². The summed E-state index contributed by atoms with van der Waals surface area (Å²) in [5.41, 5.74) is 2.12.